The maximum absolute atomic E-state index is 5.95. The van der Waals surface area contributed by atoms with Crippen LogP contribution >= 0.6 is 12.2 Å². The fourth-order valence-corrected chi connectivity index (χ4v) is 3.19. The Kier molecular flexibility index (Phi) is 5.72. The third kappa shape index (κ3) is 4.73. The first-order chi connectivity index (χ1) is 14.2. The zero-order valence-corrected chi connectivity index (χ0v) is 16.9. The number of ether oxygens (including phenoxy) is 1. The predicted octanol–water partition coefficient (Wildman–Crippen LogP) is 5.24. The van der Waals surface area contributed by atoms with Gasteiger partial charge in [-0.2, -0.15) is 5.10 Å². The van der Waals surface area contributed by atoms with E-state index in [0.717, 1.165) is 28.3 Å². The second kappa shape index (κ2) is 8.75. The van der Waals surface area contributed by atoms with Crippen LogP contribution in [0.25, 0.3) is 11.4 Å². The summed E-state index contributed by atoms with van der Waals surface area (Å²) in [6.07, 6.45) is 0. The van der Waals surface area contributed by atoms with Crippen molar-refractivity contribution in [2.24, 2.45) is 0 Å². The molecule has 0 atom stereocenters. The summed E-state index contributed by atoms with van der Waals surface area (Å²) in [5.74, 6) is 1.59. The molecule has 3 aromatic carbocycles. The predicted molar refractivity (Wildman–Crippen MR) is 118 cm³/mol. The van der Waals surface area contributed by atoms with E-state index >= 15 is 0 Å². The molecule has 146 valence electrons. The molecule has 1 heterocycles. The molecule has 1 aromatic heterocycles. The van der Waals surface area contributed by atoms with Gasteiger partial charge < -0.3 is 10.2 Å². The molecule has 0 spiro atoms. The number of aromatic nitrogens is 3. The van der Waals surface area contributed by atoms with Crippen molar-refractivity contribution in [1.82, 2.24) is 14.9 Å². The molecule has 4 aromatic rings. The third-order valence-corrected chi connectivity index (χ3v) is 4.84. The Balaban J connectivity index is 1.43. The number of nitrogens with one attached hydrogen (secondary N) is 2. The molecule has 0 saturated carbocycles. The summed E-state index contributed by atoms with van der Waals surface area (Å²) in [6.45, 7) is 3.22. The van der Waals surface area contributed by atoms with Crippen LogP contribution < -0.4 is 10.2 Å². The lowest BCUT2D eigenvalue weighted by atomic mass is 10.2. The maximum atomic E-state index is 5.95. The maximum Gasteiger partial charge on any atom is 0.214 e. The Morgan fingerprint density at radius 3 is 2.55 bits per heavy atom. The molecule has 0 unspecified atom stereocenters. The highest BCUT2D eigenvalue weighted by molar-refractivity contribution is 7.71. The number of hydrogen-bond acceptors (Lipinski definition) is 4. The van der Waals surface area contributed by atoms with Crippen LogP contribution in [-0.4, -0.2) is 14.9 Å². The number of hydrogen-bond donors (Lipinski definition) is 2. The van der Waals surface area contributed by atoms with E-state index in [4.69, 9.17) is 17.0 Å². The fraction of sp³-hybridized carbons (Fsp3) is 0.130. The van der Waals surface area contributed by atoms with Crippen LogP contribution in [0.3, 0.4) is 0 Å². The normalized spacial score (nSPS) is 10.7. The number of aryl methyl sites for hydroxylation is 1. The van der Waals surface area contributed by atoms with Crippen molar-refractivity contribution in [2.75, 3.05) is 5.43 Å². The van der Waals surface area contributed by atoms with Crippen molar-refractivity contribution in [3.63, 3.8) is 0 Å². The second-order valence-corrected chi connectivity index (χ2v) is 7.20. The summed E-state index contributed by atoms with van der Waals surface area (Å²) >= 11 is 5.38. The molecule has 0 aliphatic heterocycles. The minimum Gasteiger partial charge on any atom is -0.489 e. The summed E-state index contributed by atoms with van der Waals surface area (Å²) in [5.41, 5.74) is 7.82. The van der Waals surface area contributed by atoms with Crippen LogP contribution in [0, 0.1) is 11.7 Å². The molecular formula is C23H22N4OS. The summed E-state index contributed by atoms with van der Waals surface area (Å²) < 4.78 is 8.27. The molecule has 0 aliphatic carbocycles. The zero-order chi connectivity index (χ0) is 20.1. The molecule has 0 aliphatic rings. The molecule has 4 rings (SSSR count). The van der Waals surface area contributed by atoms with Gasteiger partial charge in [0.15, 0.2) is 5.82 Å². The largest absolute Gasteiger partial charge is 0.489 e. The number of rotatable bonds is 7. The standard InChI is InChI=1S/C23H22N4OS/c1-17-10-12-18(13-11-17)16-28-21-9-5-6-19(14-21)15-24-27-22(25-26-23(27)29)20-7-3-2-4-8-20/h2-14,24H,15-16H2,1H3,(H,26,29). The first-order valence-corrected chi connectivity index (χ1v) is 9.84. The molecular weight excluding hydrogens is 380 g/mol. The van der Waals surface area contributed by atoms with Crippen molar-refractivity contribution in [3.8, 4) is 17.1 Å². The highest BCUT2D eigenvalue weighted by atomic mass is 32.1. The smallest absolute Gasteiger partial charge is 0.214 e. The van der Waals surface area contributed by atoms with E-state index in [0.29, 0.717) is 17.9 Å². The van der Waals surface area contributed by atoms with Crippen molar-refractivity contribution in [3.05, 3.63) is 100 Å². The molecule has 0 fully saturated rings. The fourth-order valence-electron chi connectivity index (χ4n) is 2.99. The lowest BCUT2D eigenvalue weighted by Gasteiger charge is -2.12. The molecule has 0 radical (unpaired) electrons. The van der Waals surface area contributed by atoms with Crippen LogP contribution in [0.15, 0.2) is 78.9 Å². The zero-order valence-electron chi connectivity index (χ0n) is 16.1. The van der Waals surface area contributed by atoms with E-state index in [1.54, 1.807) is 4.68 Å². The van der Waals surface area contributed by atoms with Gasteiger partial charge in [0, 0.05) is 5.56 Å². The molecule has 2 N–H and O–H groups in total. The molecule has 5 nitrogen and oxygen atoms in total. The molecule has 29 heavy (non-hydrogen) atoms. The van der Waals surface area contributed by atoms with E-state index in [9.17, 15) is 0 Å². The minimum atomic E-state index is 0.524. The van der Waals surface area contributed by atoms with Crippen LogP contribution in [0.5, 0.6) is 5.75 Å². The average molecular weight is 403 g/mol. The van der Waals surface area contributed by atoms with Crippen molar-refractivity contribution >= 4 is 12.2 Å². The summed E-state index contributed by atoms with van der Waals surface area (Å²) in [7, 11) is 0. The van der Waals surface area contributed by atoms with Crippen molar-refractivity contribution in [1.29, 1.82) is 0 Å². The lowest BCUT2D eigenvalue weighted by molar-refractivity contribution is 0.306. The van der Waals surface area contributed by atoms with Gasteiger partial charge in [0.1, 0.15) is 12.4 Å². The van der Waals surface area contributed by atoms with Gasteiger partial charge in [0.25, 0.3) is 0 Å². The Bertz CT molecular complexity index is 1130. The lowest BCUT2D eigenvalue weighted by Crippen LogP contribution is -2.16. The molecule has 0 saturated heterocycles. The summed E-state index contributed by atoms with van der Waals surface area (Å²) in [4.78, 5) is 0. The van der Waals surface area contributed by atoms with Crippen molar-refractivity contribution in [2.45, 2.75) is 20.1 Å². The van der Waals surface area contributed by atoms with Gasteiger partial charge >= 0.3 is 0 Å². The Labute approximate surface area is 175 Å². The van der Waals surface area contributed by atoms with Gasteiger partial charge in [-0.05, 0) is 42.4 Å². The number of benzene rings is 3. The van der Waals surface area contributed by atoms with Crippen LogP contribution in [0.4, 0.5) is 0 Å². The first-order valence-electron chi connectivity index (χ1n) is 9.43. The van der Waals surface area contributed by atoms with E-state index in [-0.39, 0.29) is 0 Å². The van der Waals surface area contributed by atoms with E-state index in [2.05, 4.69) is 52.9 Å². The number of H-pyrrole nitrogens is 1. The van der Waals surface area contributed by atoms with Gasteiger partial charge in [-0.3, -0.25) is 0 Å². The van der Waals surface area contributed by atoms with Gasteiger partial charge in [-0.15, -0.1) is 0 Å². The van der Waals surface area contributed by atoms with Gasteiger partial charge in [-0.25, -0.2) is 9.77 Å². The van der Waals surface area contributed by atoms with E-state index in [1.165, 1.54) is 5.56 Å². The quantitative estimate of drug-likeness (QED) is 0.415. The number of nitrogens with zero attached hydrogens (tertiary/aromatic N) is 2. The highest BCUT2D eigenvalue weighted by Gasteiger charge is 2.08. The molecule has 0 bridgehead atoms. The van der Waals surface area contributed by atoms with Crippen molar-refractivity contribution < 1.29 is 4.74 Å². The molecule has 0 amide bonds. The van der Waals surface area contributed by atoms with E-state index in [1.807, 2.05) is 48.5 Å². The summed E-state index contributed by atoms with van der Waals surface area (Å²) in [5, 5.41) is 7.20. The van der Waals surface area contributed by atoms with Crippen LogP contribution in [0.2, 0.25) is 0 Å². The molecule has 6 heteroatoms. The first kappa shape index (κ1) is 19.0. The SMILES string of the molecule is Cc1ccc(COc2cccc(CNn3c(-c4ccccc4)n[nH]c3=S)c2)cc1. The van der Waals surface area contributed by atoms with Gasteiger partial charge in [-0.1, -0.05) is 72.3 Å². The average Bonchev–Trinajstić information content (AvgIpc) is 3.13. The monoisotopic (exact) mass is 402 g/mol. The van der Waals surface area contributed by atoms with Gasteiger partial charge in [0.05, 0.1) is 6.54 Å². The van der Waals surface area contributed by atoms with E-state index < -0.39 is 0 Å². The minimum absolute atomic E-state index is 0.524. The van der Waals surface area contributed by atoms with Crippen LogP contribution in [-0.2, 0) is 13.2 Å². The Hall–Kier alpha value is -3.38. The Morgan fingerprint density at radius 1 is 0.966 bits per heavy atom. The highest BCUT2D eigenvalue weighted by Crippen LogP contribution is 2.18. The topological polar surface area (TPSA) is 54.9 Å². The van der Waals surface area contributed by atoms with Crippen LogP contribution in [0.1, 0.15) is 16.7 Å². The second-order valence-electron chi connectivity index (χ2n) is 6.81. The van der Waals surface area contributed by atoms with Gasteiger partial charge in [0.2, 0.25) is 4.77 Å². The third-order valence-electron chi connectivity index (χ3n) is 4.57. The Morgan fingerprint density at radius 2 is 1.76 bits per heavy atom. The summed E-state index contributed by atoms with van der Waals surface area (Å²) in [6, 6.07) is 26.4. The number of aromatic amines is 1.